The molecule has 1 nitrogen and oxygen atoms in total. The first-order valence-corrected chi connectivity index (χ1v) is 10.1. The highest BCUT2D eigenvalue weighted by molar-refractivity contribution is 4.67. The predicted molar refractivity (Wildman–Crippen MR) is 98.7 cm³/mol. The van der Waals surface area contributed by atoms with Gasteiger partial charge in [0.05, 0.1) is 6.07 Å². The van der Waals surface area contributed by atoms with Crippen LogP contribution in [0.4, 0.5) is 0 Å². The van der Waals surface area contributed by atoms with Crippen LogP contribution in [0.3, 0.4) is 0 Å². The molecular formula is C21H40N. The van der Waals surface area contributed by atoms with Crippen LogP contribution in [0, 0.1) is 18.3 Å². The molecule has 0 atom stereocenters. The molecule has 129 valence electrons. The van der Waals surface area contributed by atoms with E-state index in [0.29, 0.717) is 0 Å². The van der Waals surface area contributed by atoms with Crippen LogP contribution in [-0.2, 0) is 0 Å². The van der Waals surface area contributed by atoms with Gasteiger partial charge in [0, 0.05) is 6.42 Å². The van der Waals surface area contributed by atoms with E-state index in [4.69, 9.17) is 5.26 Å². The second-order valence-corrected chi connectivity index (χ2v) is 6.77. The Morgan fingerprint density at radius 1 is 0.455 bits per heavy atom. The van der Waals surface area contributed by atoms with Crippen molar-refractivity contribution in [3.05, 3.63) is 6.92 Å². The summed E-state index contributed by atoms with van der Waals surface area (Å²) in [7, 11) is 0. The van der Waals surface area contributed by atoms with Gasteiger partial charge in [0.2, 0.25) is 0 Å². The lowest BCUT2D eigenvalue weighted by Crippen LogP contribution is -1.84. The third-order valence-corrected chi connectivity index (χ3v) is 4.54. The lowest BCUT2D eigenvalue weighted by Gasteiger charge is -2.03. The van der Waals surface area contributed by atoms with Gasteiger partial charge in [-0.1, -0.05) is 116 Å². The van der Waals surface area contributed by atoms with E-state index in [0.717, 1.165) is 19.3 Å². The summed E-state index contributed by atoms with van der Waals surface area (Å²) in [6, 6.07) is 2.22. The maximum Gasteiger partial charge on any atom is 0.0621 e. The first-order valence-electron chi connectivity index (χ1n) is 10.1. The molecule has 0 saturated carbocycles. The minimum atomic E-state index is 0.746. The topological polar surface area (TPSA) is 23.8 Å². The lowest BCUT2D eigenvalue weighted by atomic mass is 10.0. The number of hydrogen-bond donors (Lipinski definition) is 0. The molecule has 0 heterocycles. The van der Waals surface area contributed by atoms with Gasteiger partial charge in [-0.05, 0) is 6.42 Å². The van der Waals surface area contributed by atoms with Crippen molar-refractivity contribution in [1.29, 1.82) is 5.26 Å². The fraction of sp³-hybridized carbons (Fsp3) is 0.905. The Labute approximate surface area is 140 Å². The quantitative estimate of drug-likeness (QED) is 0.237. The van der Waals surface area contributed by atoms with Crippen molar-refractivity contribution in [3.63, 3.8) is 0 Å². The van der Waals surface area contributed by atoms with Gasteiger partial charge in [-0.25, -0.2) is 0 Å². The smallest absolute Gasteiger partial charge is 0.0621 e. The SMILES string of the molecule is [CH2]CCCCCCCCCCCCCCCCCCCC#N. The summed E-state index contributed by atoms with van der Waals surface area (Å²) >= 11 is 0. The normalized spacial score (nSPS) is 10.7. The van der Waals surface area contributed by atoms with Gasteiger partial charge in [-0.2, -0.15) is 5.26 Å². The van der Waals surface area contributed by atoms with E-state index in [2.05, 4.69) is 13.0 Å². The number of nitrogens with zero attached hydrogens (tertiary/aromatic N) is 1. The molecule has 22 heavy (non-hydrogen) atoms. The van der Waals surface area contributed by atoms with Gasteiger partial charge in [-0.15, -0.1) is 0 Å². The largest absolute Gasteiger partial charge is 0.198 e. The standard InChI is InChI=1S/C21H40N/c1-2-3-4-5-6-7-8-9-10-11-12-13-14-15-16-17-18-19-20-21-22/h1-20H2. The molecule has 0 spiro atoms. The van der Waals surface area contributed by atoms with Gasteiger partial charge in [0.15, 0.2) is 0 Å². The average molecular weight is 307 g/mol. The number of hydrogen-bond acceptors (Lipinski definition) is 1. The van der Waals surface area contributed by atoms with E-state index in [1.807, 2.05) is 0 Å². The molecule has 0 aromatic heterocycles. The summed E-state index contributed by atoms with van der Waals surface area (Å²) in [5.41, 5.74) is 0. The number of nitriles is 1. The van der Waals surface area contributed by atoms with Crippen molar-refractivity contribution < 1.29 is 0 Å². The monoisotopic (exact) mass is 306 g/mol. The van der Waals surface area contributed by atoms with E-state index < -0.39 is 0 Å². The Hall–Kier alpha value is -0.510. The minimum absolute atomic E-state index is 0.746. The van der Waals surface area contributed by atoms with E-state index >= 15 is 0 Å². The highest BCUT2D eigenvalue weighted by Crippen LogP contribution is 2.14. The Kier molecular flexibility index (Phi) is 20.0. The van der Waals surface area contributed by atoms with Gasteiger partial charge < -0.3 is 0 Å². The minimum Gasteiger partial charge on any atom is -0.198 e. The number of rotatable bonds is 18. The zero-order valence-electron chi connectivity index (χ0n) is 15.1. The van der Waals surface area contributed by atoms with Crippen molar-refractivity contribution >= 4 is 0 Å². The van der Waals surface area contributed by atoms with Crippen LogP contribution in [0.2, 0.25) is 0 Å². The van der Waals surface area contributed by atoms with Crippen molar-refractivity contribution in [2.75, 3.05) is 0 Å². The van der Waals surface area contributed by atoms with Crippen LogP contribution in [0.5, 0.6) is 0 Å². The fourth-order valence-corrected chi connectivity index (χ4v) is 3.03. The number of unbranched alkanes of at least 4 members (excludes halogenated alkanes) is 18. The van der Waals surface area contributed by atoms with Crippen LogP contribution in [-0.4, -0.2) is 0 Å². The van der Waals surface area contributed by atoms with E-state index in [9.17, 15) is 0 Å². The van der Waals surface area contributed by atoms with Crippen LogP contribution in [0.1, 0.15) is 122 Å². The van der Waals surface area contributed by atoms with Gasteiger partial charge >= 0.3 is 0 Å². The van der Waals surface area contributed by atoms with Crippen LogP contribution >= 0.6 is 0 Å². The molecule has 0 aromatic carbocycles. The highest BCUT2D eigenvalue weighted by Gasteiger charge is 1.94. The summed E-state index contributed by atoms with van der Waals surface area (Å²) < 4.78 is 0. The summed E-state index contributed by atoms with van der Waals surface area (Å²) in [6.07, 6.45) is 25.4. The molecule has 0 bridgehead atoms. The molecule has 0 aromatic rings. The summed E-state index contributed by atoms with van der Waals surface area (Å²) in [6.45, 7) is 3.89. The molecule has 0 aliphatic rings. The Morgan fingerprint density at radius 2 is 0.727 bits per heavy atom. The second kappa shape index (κ2) is 20.5. The molecule has 1 heteroatoms. The fourth-order valence-electron chi connectivity index (χ4n) is 3.03. The molecule has 0 unspecified atom stereocenters. The lowest BCUT2D eigenvalue weighted by molar-refractivity contribution is 0.526. The molecule has 0 amide bonds. The first kappa shape index (κ1) is 21.5. The maximum absolute atomic E-state index is 8.45. The van der Waals surface area contributed by atoms with E-state index in [1.54, 1.807) is 0 Å². The van der Waals surface area contributed by atoms with E-state index in [-0.39, 0.29) is 0 Å². The molecule has 0 aliphatic heterocycles. The van der Waals surface area contributed by atoms with Gasteiger partial charge in [0.1, 0.15) is 0 Å². The third-order valence-electron chi connectivity index (χ3n) is 4.54. The summed E-state index contributed by atoms with van der Waals surface area (Å²) in [5.74, 6) is 0. The highest BCUT2D eigenvalue weighted by atomic mass is 14.2. The Morgan fingerprint density at radius 3 is 1.00 bits per heavy atom. The van der Waals surface area contributed by atoms with Crippen molar-refractivity contribution in [3.8, 4) is 6.07 Å². The molecule has 1 radical (unpaired) electrons. The molecular weight excluding hydrogens is 266 g/mol. The molecule has 0 aliphatic carbocycles. The Balaban J connectivity index is 2.93. The van der Waals surface area contributed by atoms with Crippen molar-refractivity contribution in [2.24, 2.45) is 0 Å². The van der Waals surface area contributed by atoms with Gasteiger partial charge in [-0.3, -0.25) is 0 Å². The third kappa shape index (κ3) is 19.5. The van der Waals surface area contributed by atoms with Crippen LogP contribution in [0.25, 0.3) is 0 Å². The van der Waals surface area contributed by atoms with Crippen LogP contribution < -0.4 is 0 Å². The first-order chi connectivity index (χ1) is 10.9. The molecule has 0 N–H and O–H groups in total. The second-order valence-electron chi connectivity index (χ2n) is 6.77. The van der Waals surface area contributed by atoms with Crippen LogP contribution in [0.15, 0.2) is 0 Å². The maximum atomic E-state index is 8.45. The van der Waals surface area contributed by atoms with Crippen molar-refractivity contribution in [1.82, 2.24) is 0 Å². The predicted octanol–water partition coefficient (Wildman–Crippen LogP) is 7.76. The van der Waals surface area contributed by atoms with Crippen molar-refractivity contribution in [2.45, 2.75) is 122 Å². The zero-order valence-corrected chi connectivity index (χ0v) is 15.1. The summed E-state index contributed by atoms with van der Waals surface area (Å²) in [5, 5.41) is 8.45. The molecule has 0 saturated heterocycles. The average Bonchev–Trinajstić information content (AvgIpc) is 2.54. The molecule has 0 rings (SSSR count). The molecule has 0 fully saturated rings. The van der Waals surface area contributed by atoms with Gasteiger partial charge in [0.25, 0.3) is 0 Å². The summed E-state index contributed by atoms with van der Waals surface area (Å²) in [4.78, 5) is 0. The van der Waals surface area contributed by atoms with E-state index in [1.165, 1.54) is 103 Å². The Bertz CT molecular complexity index is 229. The zero-order chi connectivity index (χ0) is 16.1.